The highest BCUT2D eigenvalue weighted by molar-refractivity contribution is 7.99. The third-order valence-corrected chi connectivity index (χ3v) is 5.55. The first kappa shape index (κ1) is 20.3. The summed E-state index contributed by atoms with van der Waals surface area (Å²) in [5.41, 5.74) is 2.95. The lowest BCUT2D eigenvalue weighted by atomic mass is 10.2. The van der Waals surface area contributed by atoms with E-state index in [1.54, 1.807) is 12.3 Å². The maximum Gasteiger partial charge on any atom is 0.230 e. The molecule has 0 saturated heterocycles. The predicted octanol–water partition coefficient (Wildman–Crippen LogP) is 4.90. The van der Waals surface area contributed by atoms with Crippen LogP contribution >= 0.6 is 23.4 Å². The van der Waals surface area contributed by atoms with E-state index >= 15 is 0 Å². The number of hydrogen-bond acceptors (Lipinski definition) is 5. The zero-order valence-corrected chi connectivity index (χ0v) is 17.8. The number of halogens is 1. The van der Waals surface area contributed by atoms with Gasteiger partial charge >= 0.3 is 0 Å². The fourth-order valence-corrected chi connectivity index (χ4v) is 3.84. The van der Waals surface area contributed by atoms with E-state index in [0.29, 0.717) is 28.3 Å². The van der Waals surface area contributed by atoms with Gasteiger partial charge in [0.2, 0.25) is 5.91 Å². The molecule has 0 unspecified atom stereocenters. The van der Waals surface area contributed by atoms with E-state index in [0.717, 1.165) is 16.8 Å². The second-order valence-electron chi connectivity index (χ2n) is 6.63. The van der Waals surface area contributed by atoms with Crippen LogP contribution in [-0.4, -0.2) is 26.4 Å². The molecule has 4 aromatic rings. The monoisotopic (exact) mass is 438 g/mol. The summed E-state index contributed by atoms with van der Waals surface area (Å²) >= 11 is 7.37. The molecule has 30 heavy (non-hydrogen) atoms. The summed E-state index contributed by atoms with van der Waals surface area (Å²) < 4.78 is 7.20. The van der Waals surface area contributed by atoms with Gasteiger partial charge in [0.05, 0.1) is 18.6 Å². The van der Waals surface area contributed by atoms with Gasteiger partial charge in [-0.1, -0.05) is 35.5 Å². The summed E-state index contributed by atoms with van der Waals surface area (Å²) in [6.07, 6.45) is 1.58. The lowest BCUT2D eigenvalue weighted by Crippen LogP contribution is -2.24. The largest absolute Gasteiger partial charge is 0.467 e. The second kappa shape index (κ2) is 9.19. The number of carbonyl (C=O) groups excluding carboxylic acids is 1. The van der Waals surface area contributed by atoms with E-state index < -0.39 is 0 Å². The Bertz CT molecular complexity index is 1140. The van der Waals surface area contributed by atoms with Crippen molar-refractivity contribution in [2.75, 3.05) is 5.75 Å². The minimum atomic E-state index is -0.108. The first-order valence-electron chi connectivity index (χ1n) is 9.30. The van der Waals surface area contributed by atoms with E-state index in [4.69, 9.17) is 16.0 Å². The van der Waals surface area contributed by atoms with Crippen LogP contribution in [0.5, 0.6) is 0 Å². The van der Waals surface area contributed by atoms with Gasteiger partial charge in [-0.15, -0.1) is 10.2 Å². The number of aryl methyl sites for hydroxylation is 1. The van der Waals surface area contributed by atoms with Crippen LogP contribution < -0.4 is 5.32 Å². The molecule has 1 N–H and O–H groups in total. The molecule has 0 fully saturated rings. The van der Waals surface area contributed by atoms with Crippen LogP contribution in [-0.2, 0) is 11.3 Å². The molecule has 0 radical (unpaired) electrons. The Morgan fingerprint density at radius 3 is 2.70 bits per heavy atom. The van der Waals surface area contributed by atoms with Crippen LogP contribution in [0.2, 0.25) is 5.02 Å². The van der Waals surface area contributed by atoms with Crippen LogP contribution in [0, 0.1) is 6.92 Å². The molecule has 152 valence electrons. The molecule has 8 heteroatoms. The SMILES string of the molecule is Cc1cccc(-n2c(SCC(=O)NCc3ccco3)nnc2-c2ccc(Cl)cc2)c1. The Hall–Kier alpha value is -3.03. The minimum absolute atomic E-state index is 0.108. The summed E-state index contributed by atoms with van der Waals surface area (Å²) in [5.74, 6) is 1.51. The van der Waals surface area contributed by atoms with E-state index in [1.165, 1.54) is 11.8 Å². The molecule has 0 saturated carbocycles. The standard InChI is InChI=1S/C22H19ClN4O2S/c1-15-4-2-5-18(12-15)27-21(16-7-9-17(23)10-8-16)25-26-22(27)30-14-20(28)24-13-19-6-3-11-29-19/h2-12H,13-14H2,1H3,(H,24,28). The summed E-state index contributed by atoms with van der Waals surface area (Å²) in [6.45, 7) is 2.39. The number of thioether (sulfide) groups is 1. The summed E-state index contributed by atoms with van der Waals surface area (Å²) in [7, 11) is 0. The van der Waals surface area contributed by atoms with Crippen molar-refractivity contribution in [3.8, 4) is 17.1 Å². The first-order valence-corrected chi connectivity index (χ1v) is 10.7. The molecule has 0 aliphatic carbocycles. The highest BCUT2D eigenvalue weighted by Crippen LogP contribution is 2.29. The Morgan fingerprint density at radius 1 is 1.13 bits per heavy atom. The van der Waals surface area contributed by atoms with Crippen molar-refractivity contribution in [2.24, 2.45) is 0 Å². The Labute approximate surface area is 183 Å². The maximum atomic E-state index is 12.3. The van der Waals surface area contributed by atoms with Gasteiger partial charge in [-0.25, -0.2) is 0 Å². The van der Waals surface area contributed by atoms with Gasteiger partial charge in [-0.3, -0.25) is 9.36 Å². The topological polar surface area (TPSA) is 73.0 Å². The van der Waals surface area contributed by atoms with Crippen molar-refractivity contribution in [2.45, 2.75) is 18.6 Å². The highest BCUT2D eigenvalue weighted by atomic mass is 35.5. The fourth-order valence-electron chi connectivity index (χ4n) is 2.93. The summed E-state index contributed by atoms with van der Waals surface area (Å²) in [6, 6.07) is 19.1. The molecule has 0 bridgehead atoms. The highest BCUT2D eigenvalue weighted by Gasteiger charge is 2.17. The van der Waals surface area contributed by atoms with Gasteiger partial charge in [-0.05, 0) is 61.0 Å². The molecular formula is C22H19ClN4O2S. The average Bonchev–Trinajstić information content (AvgIpc) is 3.41. The molecule has 0 spiro atoms. The van der Waals surface area contributed by atoms with Gasteiger partial charge in [0.25, 0.3) is 0 Å². The third-order valence-electron chi connectivity index (χ3n) is 4.37. The molecule has 0 atom stereocenters. The molecule has 2 aromatic heterocycles. The van der Waals surface area contributed by atoms with E-state index in [9.17, 15) is 4.79 Å². The Kier molecular flexibility index (Phi) is 6.21. The molecular weight excluding hydrogens is 420 g/mol. The second-order valence-corrected chi connectivity index (χ2v) is 8.01. The normalized spacial score (nSPS) is 10.9. The number of aromatic nitrogens is 3. The molecule has 2 heterocycles. The summed E-state index contributed by atoms with van der Waals surface area (Å²) in [4.78, 5) is 12.3. The van der Waals surface area contributed by atoms with Gasteiger partial charge < -0.3 is 9.73 Å². The predicted molar refractivity (Wildman–Crippen MR) is 118 cm³/mol. The van der Waals surface area contributed by atoms with Crippen LogP contribution in [0.25, 0.3) is 17.1 Å². The smallest absolute Gasteiger partial charge is 0.230 e. The molecule has 0 aliphatic heterocycles. The Balaban J connectivity index is 1.58. The number of carbonyl (C=O) groups is 1. The molecule has 6 nitrogen and oxygen atoms in total. The van der Waals surface area contributed by atoms with Crippen LogP contribution in [0.3, 0.4) is 0 Å². The number of furan rings is 1. The molecule has 4 rings (SSSR count). The fraction of sp³-hybridized carbons (Fsp3) is 0.136. The van der Waals surface area contributed by atoms with Gasteiger partial charge in [-0.2, -0.15) is 0 Å². The number of nitrogens with zero attached hydrogens (tertiary/aromatic N) is 3. The van der Waals surface area contributed by atoms with Gasteiger partial charge in [0.15, 0.2) is 11.0 Å². The van der Waals surface area contributed by atoms with Crippen LogP contribution in [0.1, 0.15) is 11.3 Å². The number of nitrogens with one attached hydrogen (secondary N) is 1. The zero-order valence-electron chi connectivity index (χ0n) is 16.2. The van der Waals surface area contributed by atoms with Crippen molar-refractivity contribution >= 4 is 29.3 Å². The molecule has 2 aromatic carbocycles. The van der Waals surface area contributed by atoms with E-state index in [-0.39, 0.29) is 11.7 Å². The van der Waals surface area contributed by atoms with Crippen molar-refractivity contribution in [3.05, 3.63) is 83.3 Å². The van der Waals surface area contributed by atoms with E-state index in [1.807, 2.05) is 60.0 Å². The number of amides is 1. The number of hydrogen-bond donors (Lipinski definition) is 1. The van der Waals surface area contributed by atoms with Crippen molar-refractivity contribution < 1.29 is 9.21 Å². The number of benzene rings is 2. The minimum Gasteiger partial charge on any atom is -0.467 e. The van der Waals surface area contributed by atoms with Crippen LogP contribution in [0.4, 0.5) is 0 Å². The lowest BCUT2D eigenvalue weighted by molar-refractivity contribution is -0.118. The van der Waals surface area contributed by atoms with Crippen LogP contribution in [0.15, 0.2) is 76.5 Å². The van der Waals surface area contributed by atoms with Gasteiger partial charge in [0.1, 0.15) is 5.76 Å². The lowest BCUT2D eigenvalue weighted by Gasteiger charge is -2.11. The van der Waals surface area contributed by atoms with Gasteiger partial charge in [0, 0.05) is 16.3 Å². The number of rotatable bonds is 7. The summed E-state index contributed by atoms with van der Waals surface area (Å²) in [5, 5.41) is 12.9. The quantitative estimate of drug-likeness (QED) is 0.415. The van der Waals surface area contributed by atoms with Crippen molar-refractivity contribution in [1.29, 1.82) is 0 Å². The third kappa shape index (κ3) is 4.75. The van der Waals surface area contributed by atoms with E-state index in [2.05, 4.69) is 21.6 Å². The van der Waals surface area contributed by atoms with Crippen molar-refractivity contribution in [1.82, 2.24) is 20.1 Å². The maximum absolute atomic E-state index is 12.3. The Morgan fingerprint density at radius 2 is 1.97 bits per heavy atom. The van der Waals surface area contributed by atoms with Crippen molar-refractivity contribution in [3.63, 3.8) is 0 Å². The molecule has 0 aliphatic rings. The average molecular weight is 439 g/mol. The molecule has 1 amide bonds. The first-order chi connectivity index (χ1) is 14.6. The zero-order chi connectivity index (χ0) is 20.9.